The molecule has 0 saturated carbocycles. The van der Waals surface area contributed by atoms with Crippen molar-refractivity contribution in [1.82, 2.24) is 0 Å². The van der Waals surface area contributed by atoms with Crippen LogP contribution in [0.25, 0.3) is 5.57 Å². The van der Waals surface area contributed by atoms with Crippen molar-refractivity contribution in [3.63, 3.8) is 0 Å². The molecule has 0 atom stereocenters. The Balaban J connectivity index is 2.24. The van der Waals surface area contributed by atoms with Crippen molar-refractivity contribution in [2.45, 2.75) is 19.8 Å². The Morgan fingerprint density at radius 2 is 2.31 bits per heavy atom. The molecular weight excluding hydrogens is 196 g/mol. The summed E-state index contributed by atoms with van der Waals surface area (Å²) < 4.78 is 0. The second kappa shape index (κ2) is 4.71. The predicted molar refractivity (Wildman–Crippen MR) is 70.7 cm³/mol. The van der Waals surface area contributed by atoms with Gasteiger partial charge in [-0.1, -0.05) is 12.6 Å². The number of nitrogens with two attached hydrogens (primary N) is 1. The van der Waals surface area contributed by atoms with E-state index in [2.05, 4.69) is 36.6 Å². The Kier molecular flexibility index (Phi) is 3.30. The SMILES string of the molecule is C=C(CCN)c1ccc2c(c1)CCN2CC. The number of likely N-dealkylation sites (N-methyl/N-ethyl adjacent to an activating group) is 1. The zero-order chi connectivity index (χ0) is 11.5. The first kappa shape index (κ1) is 11.2. The number of anilines is 1. The first-order valence-electron chi connectivity index (χ1n) is 6.02. The maximum Gasteiger partial charge on any atom is 0.0399 e. The molecule has 0 bridgehead atoms. The average Bonchev–Trinajstić information content (AvgIpc) is 2.71. The van der Waals surface area contributed by atoms with Crippen molar-refractivity contribution >= 4 is 11.3 Å². The third-order valence-electron chi connectivity index (χ3n) is 3.31. The molecular formula is C14H20N2. The molecule has 1 heterocycles. The molecule has 2 rings (SSSR count). The summed E-state index contributed by atoms with van der Waals surface area (Å²) in [5.74, 6) is 0. The highest BCUT2D eigenvalue weighted by Gasteiger charge is 2.17. The second-order valence-corrected chi connectivity index (χ2v) is 4.32. The quantitative estimate of drug-likeness (QED) is 0.837. The molecule has 0 fully saturated rings. The van der Waals surface area contributed by atoms with Crippen LogP contribution >= 0.6 is 0 Å². The van der Waals surface area contributed by atoms with E-state index in [0.717, 1.165) is 31.5 Å². The molecule has 0 aliphatic carbocycles. The summed E-state index contributed by atoms with van der Waals surface area (Å²) in [6, 6.07) is 6.68. The van der Waals surface area contributed by atoms with Crippen molar-refractivity contribution in [2.75, 3.05) is 24.5 Å². The molecule has 0 aromatic heterocycles. The summed E-state index contributed by atoms with van der Waals surface area (Å²) in [4.78, 5) is 2.42. The van der Waals surface area contributed by atoms with Crippen molar-refractivity contribution in [3.05, 3.63) is 35.9 Å². The lowest BCUT2D eigenvalue weighted by atomic mass is 10.0. The van der Waals surface area contributed by atoms with Gasteiger partial charge in [-0.25, -0.2) is 0 Å². The first-order valence-corrected chi connectivity index (χ1v) is 6.02. The number of benzene rings is 1. The molecule has 1 aliphatic rings. The third kappa shape index (κ3) is 1.98. The first-order chi connectivity index (χ1) is 7.76. The Labute approximate surface area is 97.8 Å². The standard InChI is InChI=1S/C14H20N2/c1-3-16-9-7-13-10-12(4-5-14(13)16)11(2)6-8-15/h4-5,10H,2-3,6-9,15H2,1H3. The van der Waals surface area contributed by atoms with Crippen LogP contribution in [0.5, 0.6) is 0 Å². The highest BCUT2D eigenvalue weighted by atomic mass is 15.1. The molecule has 16 heavy (non-hydrogen) atoms. The minimum absolute atomic E-state index is 0.678. The van der Waals surface area contributed by atoms with Crippen molar-refractivity contribution < 1.29 is 0 Å². The van der Waals surface area contributed by atoms with Crippen LogP contribution in [0.4, 0.5) is 5.69 Å². The maximum atomic E-state index is 5.55. The number of hydrogen-bond acceptors (Lipinski definition) is 2. The predicted octanol–water partition coefficient (Wildman–Crippen LogP) is 2.43. The van der Waals surface area contributed by atoms with E-state index in [-0.39, 0.29) is 0 Å². The van der Waals surface area contributed by atoms with Crippen LogP contribution in [0.15, 0.2) is 24.8 Å². The van der Waals surface area contributed by atoms with Crippen LogP contribution in [-0.2, 0) is 6.42 Å². The fourth-order valence-electron chi connectivity index (χ4n) is 2.34. The number of nitrogens with zero attached hydrogens (tertiary/aromatic N) is 1. The molecule has 2 nitrogen and oxygen atoms in total. The van der Waals surface area contributed by atoms with E-state index in [1.807, 2.05) is 0 Å². The molecule has 1 aromatic carbocycles. The van der Waals surface area contributed by atoms with Crippen molar-refractivity contribution in [1.29, 1.82) is 0 Å². The summed E-state index contributed by atoms with van der Waals surface area (Å²) in [7, 11) is 0. The summed E-state index contributed by atoms with van der Waals surface area (Å²) in [5, 5.41) is 0. The third-order valence-corrected chi connectivity index (χ3v) is 3.31. The van der Waals surface area contributed by atoms with Gasteiger partial charge < -0.3 is 10.6 Å². The van der Waals surface area contributed by atoms with Gasteiger partial charge >= 0.3 is 0 Å². The van der Waals surface area contributed by atoms with Gasteiger partial charge in [0.2, 0.25) is 0 Å². The van der Waals surface area contributed by atoms with E-state index in [1.165, 1.54) is 16.8 Å². The largest absolute Gasteiger partial charge is 0.371 e. The molecule has 1 aromatic rings. The normalized spacial score (nSPS) is 14.0. The fourth-order valence-corrected chi connectivity index (χ4v) is 2.34. The van der Waals surface area contributed by atoms with E-state index < -0.39 is 0 Å². The summed E-state index contributed by atoms with van der Waals surface area (Å²) >= 11 is 0. The Bertz CT molecular complexity index is 396. The molecule has 86 valence electrons. The maximum absolute atomic E-state index is 5.55. The Morgan fingerprint density at radius 1 is 1.50 bits per heavy atom. The van der Waals surface area contributed by atoms with Crippen molar-refractivity contribution in [2.24, 2.45) is 5.73 Å². The van der Waals surface area contributed by atoms with E-state index in [4.69, 9.17) is 5.73 Å². The van der Waals surface area contributed by atoms with Gasteiger partial charge in [0, 0.05) is 18.8 Å². The highest BCUT2D eigenvalue weighted by Crippen LogP contribution is 2.30. The molecule has 2 heteroatoms. The van der Waals surface area contributed by atoms with E-state index in [9.17, 15) is 0 Å². The zero-order valence-corrected chi connectivity index (χ0v) is 10.00. The van der Waals surface area contributed by atoms with E-state index in [0.29, 0.717) is 6.54 Å². The topological polar surface area (TPSA) is 29.3 Å². The minimum Gasteiger partial charge on any atom is -0.371 e. The minimum atomic E-state index is 0.678. The molecule has 0 spiro atoms. The summed E-state index contributed by atoms with van der Waals surface area (Å²) in [6.07, 6.45) is 2.04. The lowest BCUT2D eigenvalue weighted by Crippen LogP contribution is -2.18. The smallest absolute Gasteiger partial charge is 0.0399 e. The van der Waals surface area contributed by atoms with Crippen LogP contribution in [0, 0.1) is 0 Å². The van der Waals surface area contributed by atoms with E-state index >= 15 is 0 Å². The molecule has 0 saturated heterocycles. The Morgan fingerprint density at radius 3 is 3.00 bits per heavy atom. The van der Waals surface area contributed by atoms with Gasteiger partial charge in [-0.3, -0.25) is 0 Å². The van der Waals surface area contributed by atoms with Gasteiger partial charge in [-0.2, -0.15) is 0 Å². The lowest BCUT2D eigenvalue weighted by molar-refractivity contribution is 0.868. The summed E-state index contributed by atoms with van der Waals surface area (Å²) in [5.41, 5.74) is 10.8. The molecule has 0 radical (unpaired) electrons. The fraction of sp³-hybridized carbons (Fsp3) is 0.429. The van der Waals surface area contributed by atoms with Gasteiger partial charge in [0.1, 0.15) is 0 Å². The summed E-state index contributed by atoms with van der Waals surface area (Å²) in [6.45, 7) is 9.21. The van der Waals surface area contributed by atoms with Crippen LogP contribution in [0.3, 0.4) is 0 Å². The number of rotatable bonds is 4. The molecule has 0 unspecified atom stereocenters. The molecule has 0 amide bonds. The number of hydrogen-bond donors (Lipinski definition) is 1. The van der Waals surface area contributed by atoms with Crippen LogP contribution in [-0.4, -0.2) is 19.6 Å². The Hall–Kier alpha value is -1.28. The van der Waals surface area contributed by atoms with Crippen LogP contribution < -0.4 is 10.6 Å². The molecule has 1 aliphatic heterocycles. The van der Waals surface area contributed by atoms with Gasteiger partial charge in [0.05, 0.1) is 0 Å². The average molecular weight is 216 g/mol. The van der Waals surface area contributed by atoms with Gasteiger partial charge in [0.25, 0.3) is 0 Å². The van der Waals surface area contributed by atoms with Crippen LogP contribution in [0.1, 0.15) is 24.5 Å². The lowest BCUT2D eigenvalue weighted by Gasteiger charge is -2.16. The number of fused-ring (bicyclic) bond motifs is 1. The van der Waals surface area contributed by atoms with Gasteiger partial charge in [0.15, 0.2) is 0 Å². The van der Waals surface area contributed by atoms with Gasteiger partial charge in [-0.15, -0.1) is 0 Å². The zero-order valence-electron chi connectivity index (χ0n) is 10.00. The van der Waals surface area contributed by atoms with Crippen LogP contribution in [0.2, 0.25) is 0 Å². The van der Waals surface area contributed by atoms with E-state index in [1.54, 1.807) is 0 Å². The van der Waals surface area contributed by atoms with Gasteiger partial charge in [-0.05, 0) is 55.1 Å². The molecule has 2 N–H and O–H groups in total. The monoisotopic (exact) mass is 216 g/mol. The second-order valence-electron chi connectivity index (χ2n) is 4.32. The van der Waals surface area contributed by atoms with Crippen molar-refractivity contribution in [3.8, 4) is 0 Å². The highest BCUT2D eigenvalue weighted by molar-refractivity contribution is 5.69.